The van der Waals surface area contributed by atoms with E-state index in [2.05, 4.69) is 15.5 Å². The molecule has 8 heteroatoms. The molecule has 0 saturated carbocycles. The van der Waals surface area contributed by atoms with Crippen molar-refractivity contribution in [2.24, 2.45) is 0 Å². The number of anilines is 1. The molecule has 0 unspecified atom stereocenters. The van der Waals surface area contributed by atoms with Gasteiger partial charge in [0.2, 0.25) is 0 Å². The highest BCUT2D eigenvalue weighted by atomic mass is 16.3. The number of rotatable bonds is 6. The Bertz CT molecular complexity index is 432. The average molecular weight is 272 g/mol. The first-order chi connectivity index (χ1) is 8.90. The fraction of sp³-hybridized carbons (Fsp3) is 0.636. The van der Waals surface area contributed by atoms with Crippen molar-refractivity contribution in [3.05, 3.63) is 11.4 Å². The molecule has 7 N–H and O–H groups in total. The van der Waals surface area contributed by atoms with E-state index in [1.807, 2.05) is 13.8 Å². The Morgan fingerprint density at radius 3 is 2.26 bits per heavy atom. The standard InChI is InChI=1S/C11H20N4O4/c1-6(2)8-7(12)9(15-14-8)10(19)13-11(3-16,4-17)5-18/h6,16-18H,3-5,12H2,1-2H3,(H,13,19)(H,14,15). The van der Waals surface area contributed by atoms with Gasteiger partial charge in [0.05, 0.1) is 31.2 Å². The molecule has 0 aliphatic heterocycles. The van der Waals surface area contributed by atoms with Gasteiger partial charge < -0.3 is 26.4 Å². The zero-order valence-corrected chi connectivity index (χ0v) is 11.0. The van der Waals surface area contributed by atoms with E-state index in [1.165, 1.54) is 0 Å². The van der Waals surface area contributed by atoms with E-state index in [0.29, 0.717) is 5.69 Å². The van der Waals surface area contributed by atoms with Crippen LogP contribution in [0, 0.1) is 0 Å². The van der Waals surface area contributed by atoms with Crippen LogP contribution in [0.3, 0.4) is 0 Å². The normalized spacial score (nSPS) is 11.9. The van der Waals surface area contributed by atoms with E-state index in [9.17, 15) is 4.79 Å². The second-order valence-electron chi connectivity index (χ2n) is 4.76. The van der Waals surface area contributed by atoms with Crippen LogP contribution in [0.2, 0.25) is 0 Å². The number of amides is 1. The molecule has 108 valence electrons. The maximum atomic E-state index is 12.0. The number of H-pyrrole nitrogens is 1. The third kappa shape index (κ3) is 3.03. The molecular weight excluding hydrogens is 252 g/mol. The van der Waals surface area contributed by atoms with Gasteiger partial charge in [-0.3, -0.25) is 9.89 Å². The highest BCUT2D eigenvalue weighted by Crippen LogP contribution is 2.22. The van der Waals surface area contributed by atoms with E-state index in [-0.39, 0.29) is 17.3 Å². The number of nitrogen functional groups attached to an aromatic ring is 1. The zero-order valence-electron chi connectivity index (χ0n) is 11.0. The van der Waals surface area contributed by atoms with Crippen LogP contribution in [0.15, 0.2) is 0 Å². The summed E-state index contributed by atoms with van der Waals surface area (Å²) >= 11 is 0. The predicted octanol–water partition coefficient (Wildman–Crippen LogP) is -1.44. The lowest BCUT2D eigenvalue weighted by Crippen LogP contribution is -2.57. The SMILES string of the molecule is CC(C)c1[nH]nc(C(=O)NC(CO)(CO)CO)c1N. The lowest BCUT2D eigenvalue weighted by atomic mass is 10.0. The predicted molar refractivity (Wildman–Crippen MR) is 68.5 cm³/mol. The molecule has 0 aliphatic rings. The number of nitrogens with zero attached hydrogens (tertiary/aromatic N) is 1. The fourth-order valence-electron chi connectivity index (χ4n) is 1.55. The number of carbonyl (C=O) groups is 1. The first kappa shape index (κ1) is 15.4. The lowest BCUT2D eigenvalue weighted by molar-refractivity contribution is 0.0373. The number of aliphatic hydroxyl groups is 3. The summed E-state index contributed by atoms with van der Waals surface area (Å²) in [5.41, 5.74) is 5.13. The van der Waals surface area contributed by atoms with Crippen molar-refractivity contribution in [2.75, 3.05) is 25.6 Å². The van der Waals surface area contributed by atoms with Crippen molar-refractivity contribution in [1.29, 1.82) is 0 Å². The monoisotopic (exact) mass is 272 g/mol. The minimum atomic E-state index is -1.50. The molecule has 8 nitrogen and oxygen atoms in total. The molecule has 0 aliphatic carbocycles. The molecule has 1 rings (SSSR count). The van der Waals surface area contributed by atoms with Gasteiger partial charge in [0, 0.05) is 0 Å². The lowest BCUT2D eigenvalue weighted by Gasteiger charge is -2.28. The molecule has 0 aromatic carbocycles. The van der Waals surface area contributed by atoms with Crippen LogP contribution in [0.5, 0.6) is 0 Å². The number of hydrogen-bond acceptors (Lipinski definition) is 6. The number of nitrogens with one attached hydrogen (secondary N) is 2. The van der Waals surface area contributed by atoms with E-state index >= 15 is 0 Å². The van der Waals surface area contributed by atoms with Gasteiger partial charge in [0.25, 0.3) is 5.91 Å². The summed E-state index contributed by atoms with van der Waals surface area (Å²) in [5, 5.41) is 36.2. The van der Waals surface area contributed by atoms with Gasteiger partial charge in [-0.25, -0.2) is 0 Å². The van der Waals surface area contributed by atoms with E-state index < -0.39 is 31.3 Å². The van der Waals surface area contributed by atoms with Gasteiger partial charge in [-0.2, -0.15) is 5.10 Å². The third-order valence-electron chi connectivity index (χ3n) is 2.91. The zero-order chi connectivity index (χ0) is 14.6. The van der Waals surface area contributed by atoms with E-state index in [4.69, 9.17) is 21.1 Å². The van der Waals surface area contributed by atoms with Crippen LogP contribution < -0.4 is 11.1 Å². The Morgan fingerprint density at radius 2 is 1.89 bits per heavy atom. The summed E-state index contributed by atoms with van der Waals surface area (Å²) < 4.78 is 0. The van der Waals surface area contributed by atoms with Crippen LogP contribution in [-0.2, 0) is 0 Å². The minimum Gasteiger partial charge on any atom is -0.395 e. The van der Waals surface area contributed by atoms with E-state index in [0.717, 1.165) is 0 Å². The Hall–Kier alpha value is -1.64. The second-order valence-corrected chi connectivity index (χ2v) is 4.76. The number of carbonyl (C=O) groups excluding carboxylic acids is 1. The minimum absolute atomic E-state index is 0.0246. The first-order valence-electron chi connectivity index (χ1n) is 5.89. The molecule has 1 aromatic rings. The van der Waals surface area contributed by atoms with Gasteiger partial charge in [-0.1, -0.05) is 13.8 Å². The molecule has 1 heterocycles. The van der Waals surface area contributed by atoms with Crippen molar-refractivity contribution in [3.8, 4) is 0 Å². The van der Waals surface area contributed by atoms with Crippen molar-refractivity contribution in [2.45, 2.75) is 25.3 Å². The van der Waals surface area contributed by atoms with Gasteiger partial charge in [0.15, 0.2) is 5.69 Å². The largest absolute Gasteiger partial charge is 0.395 e. The maximum absolute atomic E-state index is 12.0. The van der Waals surface area contributed by atoms with Gasteiger partial charge in [-0.05, 0) is 5.92 Å². The molecule has 1 amide bonds. The Balaban J connectivity index is 2.95. The van der Waals surface area contributed by atoms with E-state index in [1.54, 1.807) is 0 Å². The number of aliphatic hydroxyl groups excluding tert-OH is 3. The van der Waals surface area contributed by atoms with Crippen molar-refractivity contribution >= 4 is 11.6 Å². The summed E-state index contributed by atoms with van der Waals surface area (Å²) in [6.07, 6.45) is 0. The number of aromatic nitrogens is 2. The molecule has 1 aromatic heterocycles. The van der Waals surface area contributed by atoms with Crippen LogP contribution in [-0.4, -0.2) is 56.8 Å². The quantitative estimate of drug-likeness (QED) is 0.374. The average Bonchev–Trinajstić information content (AvgIpc) is 2.78. The van der Waals surface area contributed by atoms with Gasteiger partial charge in [-0.15, -0.1) is 0 Å². The molecule has 0 fully saturated rings. The van der Waals surface area contributed by atoms with Crippen LogP contribution in [0.4, 0.5) is 5.69 Å². The van der Waals surface area contributed by atoms with Crippen molar-refractivity contribution in [1.82, 2.24) is 15.5 Å². The third-order valence-corrected chi connectivity index (χ3v) is 2.91. The number of aromatic amines is 1. The van der Waals surface area contributed by atoms with Crippen LogP contribution in [0.1, 0.15) is 35.9 Å². The fourth-order valence-corrected chi connectivity index (χ4v) is 1.55. The smallest absolute Gasteiger partial charge is 0.274 e. The molecule has 19 heavy (non-hydrogen) atoms. The molecule has 0 bridgehead atoms. The molecule has 0 atom stereocenters. The Morgan fingerprint density at radius 1 is 1.37 bits per heavy atom. The first-order valence-corrected chi connectivity index (χ1v) is 5.89. The summed E-state index contributed by atoms with van der Waals surface area (Å²) in [6.45, 7) is 1.98. The van der Waals surface area contributed by atoms with Crippen molar-refractivity contribution in [3.63, 3.8) is 0 Å². The molecule has 0 radical (unpaired) electrons. The van der Waals surface area contributed by atoms with Gasteiger partial charge >= 0.3 is 0 Å². The topological polar surface area (TPSA) is 144 Å². The van der Waals surface area contributed by atoms with Crippen LogP contribution >= 0.6 is 0 Å². The molecular formula is C11H20N4O4. The summed E-state index contributed by atoms with van der Waals surface area (Å²) in [5.74, 6) is -0.592. The molecule has 0 spiro atoms. The summed E-state index contributed by atoms with van der Waals surface area (Å²) in [6, 6.07) is 0. The number of hydrogen-bond donors (Lipinski definition) is 6. The summed E-state index contributed by atoms with van der Waals surface area (Å²) in [7, 11) is 0. The van der Waals surface area contributed by atoms with Gasteiger partial charge in [0.1, 0.15) is 5.54 Å². The highest BCUT2D eigenvalue weighted by Gasteiger charge is 2.32. The second kappa shape index (κ2) is 6.00. The Labute approximate surface area is 110 Å². The van der Waals surface area contributed by atoms with Crippen LogP contribution in [0.25, 0.3) is 0 Å². The molecule has 0 saturated heterocycles. The highest BCUT2D eigenvalue weighted by molar-refractivity contribution is 5.98. The number of nitrogens with two attached hydrogens (primary N) is 1. The maximum Gasteiger partial charge on any atom is 0.274 e. The summed E-state index contributed by atoms with van der Waals surface area (Å²) in [4.78, 5) is 12.0. The van der Waals surface area contributed by atoms with Crippen molar-refractivity contribution < 1.29 is 20.1 Å². The Kier molecular flexibility index (Phi) is 4.87.